The van der Waals surface area contributed by atoms with Crippen LogP contribution in [-0.4, -0.2) is 43.8 Å². The third kappa shape index (κ3) is 5.36. The Hall–Kier alpha value is -1.32. The van der Waals surface area contributed by atoms with Crippen LogP contribution >= 0.6 is 34.5 Å². The number of benzene rings is 1. The van der Waals surface area contributed by atoms with Crippen LogP contribution in [0.5, 0.6) is 0 Å². The smallest absolute Gasteiger partial charge is 0.321 e. The van der Waals surface area contributed by atoms with Crippen molar-refractivity contribution in [2.75, 3.05) is 25.5 Å². The van der Waals surface area contributed by atoms with E-state index >= 15 is 0 Å². The first-order valence-electron chi connectivity index (χ1n) is 8.25. The number of halogens is 2. The topological polar surface area (TPSA) is 69.7 Å². The van der Waals surface area contributed by atoms with E-state index in [4.69, 9.17) is 23.2 Å². The molecule has 1 aromatic heterocycles. The Kier molecular flexibility index (Phi) is 7.53. The number of sulfonamides is 1. The summed E-state index contributed by atoms with van der Waals surface area (Å²) >= 11 is 13.4. The summed E-state index contributed by atoms with van der Waals surface area (Å²) in [5, 5.41) is 2.93. The average Bonchev–Trinajstić information content (AvgIpc) is 3.02. The van der Waals surface area contributed by atoms with Gasteiger partial charge in [-0.25, -0.2) is 13.2 Å². The van der Waals surface area contributed by atoms with Crippen molar-refractivity contribution in [1.82, 2.24) is 9.21 Å². The standard InChI is InChI=1S/C17H21Cl2N3O3S2/c1-4-22(5-2)27(24,25)13-7-8-14(18)15(10-13)20-17(23)21(3)11-12-6-9-16(19)26-12/h6-10H,4-5,11H2,1-3H3,(H,20,23). The number of nitrogens with zero attached hydrogens (tertiary/aromatic N) is 2. The Morgan fingerprint density at radius 3 is 2.37 bits per heavy atom. The van der Waals surface area contributed by atoms with Crippen molar-refractivity contribution >= 4 is 56.3 Å². The Balaban J connectivity index is 2.19. The molecule has 1 heterocycles. The molecule has 2 amide bonds. The van der Waals surface area contributed by atoms with Crippen LogP contribution in [0, 0.1) is 0 Å². The van der Waals surface area contributed by atoms with Crippen LogP contribution in [0.4, 0.5) is 10.5 Å². The van der Waals surface area contributed by atoms with E-state index in [1.807, 2.05) is 6.07 Å². The Morgan fingerprint density at radius 2 is 1.81 bits per heavy atom. The number of anilines is 1. The number of carbonyl (C=O) groups excluding carboxylic acids is 1. The molecule has 148 valence electrons. The van der Waals surface area contributed by atoms with Gasteiger partial charge in [0.2, 0.25) is 10.0 Å². The Labute approximate surface area is 173 Å². The molecule has 0 bridgehead atoms. The highest BCUT2D eigenvalue weighted by Crippen LogP contribution is 2.28. The number of nitrogens with one attached hydrogen (secondary N) is 1. The van der Waals surface area contributed by atoms with E-state index in [-0.39, 0.29) is 15.6 Å². The van der Waals surface area contributed by atoms with E-state index < -0.39 is 16.1 Å². The summed E-state index contributed by atoms with van der Waals surface area (Å²) in [4.78, 5) is 14.9. The van der Waals surface area contributed by atoms with E-state index in [0.29, 0.717) is 24.0 Å². The molecule has 10 heteroatoms. The third-order valence-corrected chi connectivity index (χ3v) is 7.48. The van der Waals surface area contributed by atoms with Gasteiger partial charge in [-0.2, -0.15) is 4.31 Å². The first-order valence-corrected chi connectivity index (χ1v) is 11.3. The van der Waals surface area contributed by atoms with Crippen LogP contribution in [0.1, 0.15) is 18.7 Å². The van der Waals surface area contributed by atoms with Gasteiger partial charge in [-0.1, -0.05) is 37.0 Å². The lowest BCUT2D eigenvalue weighted by Crippen LogP contribution is -2.32. The minimum Gasteiger partial charge on any atom is -0.322 e. The van der Waals surface area contributed by atoms with Crippen LogP contribution in [0.3, 0.4) is 0 Å². The van der Waals surface area contributed by atoms with Gasteiger partial charge < -0.3 is 10.2 Å². The number of thiophene rings is 1. The van der Waals surface area contributed by atoms with Gasteiger partial charge in [0.25, 0.3) is 0 Å². The second-order valence-electron chi connectivity index (χ2n) is 5.72. The molecule has 0 saturated carbocycles. The van der Waals surface area contributed by atoms with Gasteiger partial charge in [-0.3, -0.25) is 0 Å². The summed E-state index contributed by atoms with van der Waals surface area (Å²) in [6.07, 6.45) is 0. The maximum Gasteiger partial charge on any atom is 0.321 e. The SMILES string of the molecule is CCN(CC)S(=O)(=O)c1ccc(Cl)c(NC(=O)N(C)Cc2ccc(Cl)s2)c1. The molecule has 6 nitrogen and oxygen atoms in total. The van der Waals surface area contributed by atoms with Gasteiger partial charge >= 0.3 is 6.03 Å². The normalized spacial score (nSPS) is 11.6. The van der Waals surface area contributed by atoms with Gasteiger partial charge in [0, 0.05) is 25.0 Å². The molecular weight excluding hydrogens is 429 g/mol. The minimum absolute atomic E-state index is 0.0820. The number of hydrogen-bond acceptors (Lipinski definition) is 4. The lowest BCUT2D eigenvalue weighted by atomic mass is 10.3. The molecule has 0 aliphatic carbocycles. The lowest BCUT2D eigenvalue weighted by molar-refractivity contribution is 0.221. The molecule has 1 aromatic carbocycles. The van der Waals surface area contributed by atoms with Crippen molar-refractivity contribution < 1.29 is 13.2 Å². The Bertz CT molecular complexity index is 912. The first-order chi connectivity index (χ1) is 12.7. The highest BCUT2D eigenvalue weighted by molar-refractivity contribution is 7.89. The van der Waals surface area contributed by atoms with Crippen molar-refractivity contribution in [3.05, 3.63) is 44.6 Å². The van der Waals surface area contributed by atoms with E-state index in [0.717, 1.165) is 4.88 Å². The molecule has 0 aliphatic heterocycles. The maximum absolute atomic E-state index is 12.7. The molecule has 0 aliphatic rings. The zero-order valence-corrected chi connectivity index (χ0v) is 18.3. The van der Waals surface area contributed by atoms with Crippen molar-refractivity contribution in [3.63, 3.8) is 0 Å². The highest BCUT2D eigenvalue weighted by Gasteiger charge is 2.23. The maximum atomic E-state index is 12.7. The molecule has 0 fully saturated rings. The van der Waals surface area contributed by atoms with Crippen molar-refractivity contribution in [2.45, 2.75) is 25.3 Å². The zero-order valence-electron chi connectivity index (χ0n) is 15.2. The van der Waals surface area contributed by atoms with Crippen molar-refractivity contribution in [2.24, 2.45) is 0 Å². The molecule has 0 saturated heterocycles. The molecule has 0 unspecified atom stereocenters. The average molecular weight is 450 g/mol. The van der Waals surface area contributed by atoms with E-state index in [1.165, 1.54) is 38.7 Å². The molecule has 1 N–H and O–H groups in total. The first kappa shape index (κ1) is 22.0. The second kappa shape index (κ2) is 9.25. The predicted molar refractivity (Wildman–Crippen MR) is 111 cm³/mol. The predicted octanol–water partition coefficient (Wildman–Crippen LogP) is 4.75. The highest BCUT2D eigenvalue weighted by atomic mass is 35.5. The summed E-state index contributed by atoms with van der Waals surface area (Å²) in [6.45, 7) is 4.62. The van der Waals surface area contributed by atoms with Gasteiger partial charge in [0.15, 0.2) is 0 Å². The molecule has 27 heavy (non-hydrogen) atoms. The van der Waals surface area contributed by atoms with Crippen LogP contribution in [0.25, 0.3) is 0 Å². The largest absolute Gasteiger partial charge is 0.322 e. The van der Waals surface area contributed by atoms with E-state index in [2.05, 4.69) is 5.32 Å². The summed E-state index contributed by atoms with van der Waals surface area (Å²) in [6, 6.07) is 7.49. The van der Waals surface area contributed by atoms with E-state index in [1.54, 1.807) is 27.0 Å². The number of carbonyl (C=O) groups is 1. The molecule has 2 aromatic rings. The van der Waals surface area contributed by atoms with Crippen molar-refractivity contribution in [3.8, 4) is 0 Å². The fourth-order valence-electron chi connectivity index (χ4n) is 2.43. The lowest BCUT2D eigenvalue weighted by Gasteiger charge is -2.20. The summed E-state index contributed by atoms with van der Waals surface area (Å²) in [7, 11) is -2.01. The second-order valence-corrected chi connectivity index (χ2v) is 9.87. The van der Waals surface area contributed by atoms with Gasteiger partial charge in [0.1, 0.15) is 0 Å². The van der Waals surface area contributed by atoms with Crippen LogP contribution in [0.15, 0.2) is 35.2 Å². The number of amides is 2. The zero-order chi connectivity index (χ0) is 20.2. The van der Waals surface area contributed by atoms with Crippen LogP contribution in [0.2, 0.25) is 9.36 Å². The summed E-state index contributed by atoms with van der Waals surface area (Å²) < 4.78 is 27.3. The van der Waals surface area contributed by atoms with Crippen LogP contribution in [-0.2, 0) is 16.6 Å². The van der Waals surface area contributed by atoms with Gasteiger partial charge in [-0.05, 0) is 30.3 Å². The van der Waals surface area contributed by atoms with Crippen molar-refractivity contribution in [1.29, 1.82) is 0 Å². The Morgan fingerprint density at radius 1 is 1.15 bits per heavy atom. The fourth-order valence-corrected chi connectivity index (χ4v) is 5.22. The number of urea groups is 1. The van der Waals surface area contributed by atoms with Gasteiger partial charge in [-0.15, -0.1) is 11.3 Å². The van der Waals surface area contributed by atoms with E-state index in [9.17, 15) is 13.2 Å². The summed E-state index contributed by atoms with van der Waals surface area (Å²) in [5.74, 6) is 0. The molecule has 0 atom stereocenters. The minimum atomic E-state index is -3.65. The number of rotatable bonds is 7. The third-order valence-electron chi connectivity index (χ3n) is 3.89. The quantitative estimate of drug-likeness (QED) is 0.662. The molecule has 0 spiro atoms. The van der Waals surface area contributed by atoms with Crippen LogP contribution < -0.4 is 5.32 Å². The monoisotopic (exact) mass is 449 g/mol. The number of hydrogen-bond donors (Lipinski definition) is 1. The molecule has 2 rings (SSSR count). The fraction of sp³-hybridized carbons (Fsp3) is 0.353. The summed E-state index contributed by atoms with van der Waals surface area (Å²) in [5.41, 5.74) is 0.242. The van der Waals surface area contributed by atoms with Gasteiger partial charge in [0.05, 0.1) is 26.5 Å². The molecular formula is C17H21Cl2N3O3S2. The molecule has 0 radical (unpaired) electrons.